The van der Waals surface area contributed by atoms with Gasteiger partial charge in [0.15, 0.2) is 0 Å². The summed E-state index contributed by atoms with van der Waals surface area (Å²) in [5, 5.41) is 1.17. The molecule has 5 N–H and O–H groups in total. The highest BCUT2D eigenvalue weighted by atomic mass is 35.5. The Morgan fingerprint density at radius 3 is 2.79 bits per heavy atom. The lowest BCUT2D eigenvalue weighted by atomic mass is 10.0. The molecule has 4 heteroatoms. The van der Waals surface area contributed by atoms with Gasteiger partial charge in [-0.05, 0) is 17.7 Å². The van der Waals surface area contributed by atoms with Crippen LogP contribution >= 0.6 is 12.4 Å². The number of H-pyrrole nitrogens is 1. The van der Waals surface area contributed by atoms with E-state index >= 15 is 0 Å². The van der Waals surface area contributed by atoms with Crippen LogP contribution in [0.5, 0.6) is 0 Å². The van der Waals surface area contributed by atoms with Crippen molar-refractivity contribution in [2.75, 3.05) is 6.54 Å². The van der Waals surface area contributed by atoms with Crippen LogP contribution in [-0.2, 0) is 0 Å². The van der Waals surface area contributed by atoms with Gasteiger partial charge in [0.25, 0.3) is 0 Å². The summed E-state index contributed by atoms with van der Waals surface area (Å²) in [6.45, 7) is 0.476. The zero-order valence-electron chi connectivity index (χ0n) is 7.73. The minimum atomic E-state index is -0.0699. The summed E-state index contributed by atoms with van der Waals surface area (Å²) in [4.78, 5) is 3.14. The summed E-state index contributed by atoms with van der Waals surface area (Å²) in [5.74, 6) is 0. The molecular weight excluding hydrogens is 198 g/mol. The van der Waals surface area contributed by atoms with E-state index < -0.39 is 0 Å². The number of fused-ring (bicyclic) bond motifs is 1. The Kier molecular flexibility index (Phi) is 3.52. The zero-order chi connectivity index (χ0) is 9.26. The lowest BCUT2D eigenvalue weighted by Gasteiger charge is -2.09. The maximum atomic E-state index is 5.88. The lowest BCUT2D eigenvalue weighted by molar-refractivity contribution is 0.743. The molecule has 1 aromatic carbocycles. The van der Waals surface area contributed by atoms with E-state index in [2.05, 4.69) is 4.98 Å². The van der Waals surface area contributed by atoms with Gasteiger partial charge >= 0.3 is 0 Å². The molecule has 1 atom stereocenters. The maximum absolute atomic E-state index is 5.88. The highest BCUT2D eigenvalue weighted by Crippen LogP contribution is 2.21. The summed E-state index contributed by atoms with van der Waals surface area (Å²) in [5.41, 5.74) is 13.6. The molecule has 0 aliphatic rings. The van der Waals surface area contributed by atoms with Crippen LogP contribution in [0, 0.1) is 0 Å². The number of aromatic nitrogens is 1. The fourth-order valence-corrected chi connectivity index (χ4v) is 1.56. The summed E-state index contributed by atoms with van der Waals surface area (Å²) in [6.07, 6.45) is 1.91. The van der Waals surface area contributed by atoms with E-state index in [0.29, 0.717) is 6.54 Å². The van der Waals surface area contributed by atoms with Gasteiger partial charge in [0.05, 0.1) is 0 Å². The van der Waals surface area contributed by atoms with Gasteiger partial charge in [0.1, 0.15) is 0 Å². The Balaban J connectivity index is 0.000000980. The molecule has 0 amide bonds. The van der Waals surface area contributed by atoms with Crippen LogP contribution in [0.15, 0.2) is 30.5 Å². The van der Waals surface area contributed by atoms with Crippen molar-refractivity contribution in [2.24, 2.45) is 11.5 Å². The SMILES string of the molecule is Cl.NC[C@H](N)c1cccc2[nH]ccc12. The van der Waals surface area contributed by atoms with Gasteiger partial charge in [-0.1, -0.05) is 12.1 Å². The van der Waals surface area contributed by atoms with Gasteiger partial charge in [-0.3, -0.25) is 0 Å². The van der Waals surface area contributed by atoms with Gasteiger partial charge in [-0.25, -0.2) is 0 Å². The normalized spacial score (nSPS) is 12.4. The number of rotatable bonds is 2. The van der Waals surface area contributed by atoms with Crippen molar-refractivity contribution in [1.29, 1.82) is 0 Å². The van der Waals surface area contributed by atoms with Crippen LogP contribution < -0.4 is 11.5 Å². The molecule has 2 rings (SSSR count). The van der Waals surface area contributed by atoms with Gasteiger partial charge < -0.3 is 16.5 Å². The van der Waals surface area contributed by atoms with Gasteiger partial charge in [-0.2, -0.15) is 0 Å². The standard InChI is InChI=1S/C10H13N3.ClH/c11-6-9(12)7-2-1-3-10-8(7)4-5-13-10;/h1-5,9,13H,6,11-12H2;1H/t9-;/m0./s1. The van der Waals surface area contributed by atoms with E-state index in [9.17, 15) is 0 Å². The van der Waals surface area contributed by atoms with Gasteiger partial charge in [0, 0.05) is 29.7 Å². The van der Waals surface area contributed by atoms with E-state index in [0.717, 1.165) is 11.1 Å². The highest BCUT2D eigenvalue weighted by molar-refractivity contribution is 5.85. The van der Waals surface area contributed by atoms with Gasteiger partial charge in [-0.15, -0.1) is 12.4 Å². The summed E-state index contributed by atoms with van der Waals surface area (Å²) in [6, 6.07) is 8.00. The number of aromatic amines is 1. The van der Waals surface area contributed by atoms with Crippen LogP contribution in [0.25, 0.3) is 10.9 Å². The highest BCUT2D eigenvalue weighted by Gasteiger charge is 2.07. The first-order chi connectivity index (χ1) is 6.33. The average molecular weight is 212 g/mol. The smallest absolute Gasteiger partial charge is 0.0457 e. The second-order valence-corrected chi connectivity index (χ2v) is 3.13. The first-order valence-corrected chi connectivity index (χ1v) is 4.34. The molecule has 3 nitrogen and oxygen atoms in total. The Hall–Kier alpha value is -1.03. The molecule has 0 spiro atoms. The van der Waals surface area contributed by atoms with E-state index in [-0.39, 0.29) is 18.4 Å². The number of nitrogens with one attached hydrogen (secondary N) is 1. The largest absolute Gasteiger partial charge is 0.361 e. The number of hydrogen-bond acceptors (Lipinski definition) is 2. The Morgan fingerprint density at radius 2 is 2.07 bits per heavy atom. The van der Waals surface area contributed by atoms with Crippen molar-refractivity contribution in [3.05, 3.63) is 36.0 Å². The predicted molar refractivity (Wildman–Crippen MR) is 61.5 cm³/mol. The van der Waals surface area contributed by atoms with Crippen molar-refractivity contribution < 1.29 is 0 Å². The number of nitrogens with two attached hydrogens (primary N) is 2. The molecule has 0 saturated heterocycles. The van der Waals surface area contributed by atoms with Crippen LogP contribution in [0.1, 0.15) is 11.6 Å². The summed E-state index contributed by atoms with van der Waals surface area (Å²) < 4.78 is 0. The molecule has 0 aliphatic heterocycles. The third-order valence-corrected chi connectivity index (χ3v) is 2.28. The van der Waals surface area contributed by atoms with Crippen molar-refractivity contribution >= 4 is 23.3 Å². The fourth-order valence-electron chi connectivity index (χ4n) is 1.56. The first kappa shape index (κ1) is 11.0. The molecule has 0 saturated carbocycles. The molecule has 14 heavy (non-hydrogen) atoms. The van der Waals surface area contributed by atoms with Crippen molar-refractivity contribution in [2.45, 2.75) is 6.04 Å². The third-order valence-electron chi connectivity index (χ3n) is 2.28. The lowest BCUT2D eigenvalue weighted by Crippen LogP contribution is -2.20. The molecular formula is C10H14ClN3. The topological polar surface area (TPSA) is 67.8 Å². The monoisotopic (exact) mass is 211 g/mol. The molecule has 0 aliphatic carbocycles. The Morgan fingerprint density at radius 1 is 1.29 bits per heavy atom. The van der Waals surface area contributed by atoms with Crippen LogP contribution in [0.2, 0.25) is 0 Å². The minimum absolute atomic E-state index is 0. The fraction of sp³-hybridized carbons (Fsp3) is 0.200. The molecule has 2 aromatic rings. The van der Waals surface area contributed by atoms with E-state index in [1.165, 1.54) is 5.39 Å². The van der Waals surface area contributed by atoms with E-state index in [1.54, 1.807) is 0 Å². The predicted octanol–water partition coefficient (Wildman–Crippen LogP) is 1.55. The van der Waals surface area contributed by atoms with Crippen LogP contribution in [0.4, 0.5) is 0 Å². The molecule has 0 fully saturated rings. The Labute approximate surface area is 88.9 Å². The average Bonchev–Trinajstić information content (AvgIpc) is 2.63. The third kappa shape index (κ3) is 1.75. The molecule has 1 aromatic heterocycles. The molecule has 0 unspecified atom stereocenters. The maximum Gasteiger partial charge on any atom is 0.0457 e. The number of halogens is 1. The van der Waals surface area contributed by atoms with E-state index in [1.807, 2.05) is 30.5 Å². The first-order valence-electron chi connectivity index (χ1n) is 4.34. The summed E-state index contributed by atoms with van der Waals surface area (Å²) >= 11 is 0. The van der Waals surface area contributed by atoms with Crippen LogP contribution in [0.3, 0.4) is 0 Å². The molecule has 1 heterocycles. The summed E-state index contributed by atoms with van der Waals surface area (Å²) in [7, 11) is 0. The van der Waals surface area contributed by atoms with Gasteiger partial charge in [0.2, 0.25) is 0 Å². The second kappa shape index (κ2) is 4.46. The second-order valence-electron chi connectivity index (χ2n) is 3.13. The van der Waals surface area contributed by atoms with Crippen molar-refractivity contribution in [3.8, 4) is 0 Å². The number of benzene rings is 1. The quantitative estimate of drug-likeness (QED) is 0.706. The zero-order valence-corrected chi connectivity index (χ0v) is 8.55. The Bertz CT molecular complexity index is 410. The van der Waals surface area contributed by atoms with E-state index in [4.69, 9.17) is 11.5 Å². The number of hydrogen-bond donors (Lipinski definition) is 3. The minimum Gasteiger partial charge on any atom is -0.361 e. The van der Waals surface area contributed by atoms with Crippen molar-refractivity contribution in [3.63, 3.8) is 0 Å². The molecule has 0 radical (unpaired) electrons. The molecule has 76 valence electrons. The molecule has 0 bridgehead atoms. The van der Waals surface area contributed by atoms with Crippen molar-refractivity contribution in [1.82, 2.24) is 4.98 Å². The van der Waals surface area contributed by atoms with Crippen LogP contribution in [-0.4, -0.2) is 11.5 Å².